The smallest absolute Gasteiger partial charge is 0.227 e. The van der Waals surface area contributed by atoms with Gasteiger partial charge in [-0.3, -0.25) is 4.79 Å². The molecule has 3 rings (SSSR count). The number of aliphatic hydroxyl groups is 1. The number of nitrogens with one attached hydrogen (secondary N) is 1. The first-order valence-electron chi connectivity index (χ1n) is 8.60. The molecule has 4 nitrogen and oxygen atoms in total. The summed E-state index contributed by atoms with van der Waals surface area (Å²) in [7, 11) is 0. The number of amides is 1. The van der Waals surface area contributed by atoms with Gasteiger partial charge in [-0.05, 0) is 41.8 Å². The molecule has 0 aromatic heterocycles. The van der Waals surface area contributed by atoms with E-state index >= 15 is 0 Å². The van der Waals surface area contributed by atoms with E-state index in [9.17, 15) is 9.18 Å². The van der Waals surface area contributed by atoms with Gasteiger partial charge in [0.2, 0.25) is 5.91 Å². The molecule has 2 aromatic rings. The Hall–Kier alpha value is -2.40. The predicted octanol–water partition coefficient (Wildman–Crippen LogP) is 2.82. The van der Waals surface area contributed by atoms with E-state index in [4.69, 9.17) is 5.11 Å². The number of anilines is 1. The van der Waals surface area contributed by atoms with Gasteiger partial charge in [-0.2, -0.15) is 0 Å². The summed E-state index contributed by atoms with van der Waals surface area (Å²) < 4.78 is 12.9. The van der Waals surface area contributed by atoms with Crippen LogP contribution in [0.25, 0.3) is 0 Å². The molecule has 2 N–H and O–H groups in total. The third-order valence-corrected chi connectivity index (χ3v) is 4.62. The molecule has 1 heterocycles. The highest BCUT2D eigenvalue weighted by Gasteiger charge is 2.25. The Labute approximate surface area is 147 Å². The van der Waals surface area contributed by atoms with Crippen molar-refractivity contribution in [1.29, 1.82) is 0 Å². The van der Waals surface area contributed by atoms with Crippen LogP contribution in [0.1, 0.15) is 17.5 Å². The van der Waals surface area contributed by atoms with Crippen molar-refractivity contribution in [3.05, 3.63) is 65.5 Å². The standard InChI is InChI=1S/C20H23FN2O2/c21-18-5-1-16(2-6-18)12-22-19-7-3-15(4-8-19)11-20(25)23-10-9-17(13-23)14-24/h1-8,17,22,24H,9-14H2/t17-/m0/s1. The highest BCUT2D eigenvalue weighted by molar-refractivity contribution is 5.79. The lowest BCUT2D eigenvalue weighted by Gasteiger charge is -2.16. The van der Waals surface area contributed by atoms with E-state index in [0.29, 0.717) is 19.5 Å². The maximum absolute atomic E-state index is 12.9. The SMILES string of the molecule is O=C(Cc1ccc(NCc2ccc(F)cc2)cc1)N1CC[C@H](CO)C1. The van der Waals surface area contributed by atoms with E-state index in [1.54, 1.807) is 12.1 Å². The Balaban J connectivity index is 1.50. The van der Waals surface area contributed by atoms with Crippen LogP contribution in [0.3, 0.4) is 0 Å². The molecule has 0 radical (unpaired) electrons. The molecule has 1 aliphatic heterocycles. The molecule has 1 aliphatic rings. The fourth-order valence-corrected chi connectivity index (χ4v) is 3.04. The zero-order chi connectivity index (χ0) is 17.6. The second-order valence-electron chi connectivity index (χ2n) is 6.53. The molecule has 132 valence electrons. The lowest BCUT2D eigenvalue weighted by Crippen LogP contribution is -2.30. The zero-order valence-corrected chi connectivity index (χ0v) is 14.1. The molecule has 2 aromatic carbocycles. The van der Waals surface area contributed by atoms with Crippen molar-refractivity contribution < 1.29 is 14.3 Å². The van der Waals surface area contributed by atoms with Crippen molar-refractivity contribution in [2.24, 2.45) is 5.92 Å². The minimum absolute atomic E-state index is 0.114. The third kappa shape index (κ3) is 4.79. The summed E-state index contributed by atoms with van der Waals surface area (Å²) in [5, 5.41) is 12.5. The highest BCUT2D eigenvalue weighted by atomic mass is 19.1. The monoisotopic (exact) mass is 342 g/mol. The van der Waals surface area contributed by atoms with E-state index in [1.807, 2.05) is 29.2 Å². The van der Waals surface area contributed by atoms with E-state index < -0.39 is 0 Å². The number of halogens is 1. The number of carbonyl (C=O) groups is 1. The first-order chi connectivity index (χ1) is 12.1. The van der Waals surface area contributed by atoms with Gasteiger partial charge in [-0.1, -0.05) is 24.3 Å². The van der Waals surface area contributed by atoms with E-state index in [1.165, 1.54) is 12.1 Å². The number of hydrogen-bond acceptors (Lipinski definition) is 3. The Morgan fingerprint density at radius 2 is 1.80 bits per heavy atom. The van der Waals surface area contributed by atoms with Crippen LogP contribution in [-0.2, 0) is 17.8 Å². The van der Waals surface area contributed by atoms with Gasteiger partial charge in [-0.15, -0.1) is 0 Å². The number of hydrogen-bond donors (Lipinski definition) is 2. The second kappa shape index (κ2) is 8.12. The molecule has 1 fully saturated rings. The molecule has 0 aliphatic carbocycles. The number of benzene rings is 2. The van der Waals surface area contributed by atoms with Crippen LogP contribution in [0.4, 0.5) is 10.1 Å². The van der Waals surface area contributed by atoms with Crippen LogP contribution in [0.2, 0.25) is 0 Å². The molecule has 0 spiro atoms. The molecule has 1 atom stereocenters. The number of rotatable bonds is 6. The first kappa shape index (κ1) is 17.4. The van der Waals surface area contributed by atoms with E-state index in [0.717, 1.165) is 29.8 Å². The van der Waals surface area contributed by atoms with Crippen LogP contribution in [-0.4, -0.2) is 35.6 Å². The largest absolute Gasteiger partial charge is 0.396 e. The summed E-state index contributed by atoms with van der Waals surface area (Å²) in [6.07, 6.45) is 1.27. The number of carbonyl (C=O) groups excluding carboxylic acids is 1. The topological polar surface area (TPSA) is 52.6 Å². The molecule has 0 saturated carbocycles. The summed E-state index contributed by atoms with van der Waals surface area (Å²) in [5.41, 5.74) is 2.94. The minimum atomic E-state index is -0.235. The van der Waals surface area contributed by atoms with Crippen LogP contribution in [0, 0.1) is 11.7 Å². The first-order valence-corrected chi connectivity index (χ1v) is 8.60. The number of aliphatic hydroxyl groups excluding tert-OH is 1. The Morgan fingerprint density at radius 1 is 1.12 bits per heavy atom. The van der Waals surface area contributed by atoms with Crippen LogP contribution >= 0.6 is 0 Å². The van der Waals surface area contributed by atoms with Gasteiger partial charge in [0.25, 0.3) is 0 Å². The van der Waals surface area contributed by atoms with Crippen molar-refractivity contribution >= 4 is 11.6 Å². The van der Waals surface area contributed by atoms with Gasteiger partial charge in [0.05, 0.1) is 6.42 Å². The maximum atomic E-state index is 12.9. The molecule has 1 saturated heterocycles. The van der Waals surface area contributed by atoms with Crippen molar-refractivity contribution in [3.8, 4) is 0 Å². The zero-order valence-electron chi connectivity index (χ0n) is 14.1. The molecular formula is C20H23FN2O2. The van der Waals surface area contributed by atoms with Crippen molar-refractivity contribution in [2.45, 2.75) is 19.4 Å². The normalized spacial score (nSPS) is 16.9. The van der Waals surface area contributed by atoms with Crippen molar-refractivity contribution in [3.63, 3.8) is 0 Å². The molecular weight excluding hydrogens is 319 g/mol. The maximum Gasteiger partial charge on any atom is 0.227 e. The lowest BCUT2D eigenvalue weighted by molar-refractivity contribution is -0.129. The average Bonchev–Trinajstić information content (AvgIpc) is 3.12. The Morgan fingerprint density at radius 3 is 2.44 bits per heavy atom. The molecule has 0 unspecified atom stereocenters. The summed E-state index contributed by atoms with van der Waals surface area (Å²) >= 11 is 0. The second-order valence-corrected chi connectivity index (χ2v) is 6.53. The van der Waals surface area contributed by atoms with E-state index in [-0.39, 0.29) is 24.2 Å². The van der Waals surface area contributed by atoms with Gasteiger partial charge in [0.1, 0.15) is 5.82 Å². The summed E-state index contributed by atoms with van der Waals surface area (Å²) in [5.74, 6) is 0.103. The van der Waals surface area contributed by atoms with Gasteiger partial charge >= 0.3 is 0 Å². The van der Waals surface area contributed by atoms with E-state index in [2.05, 4.69) is 5.32 Å². The predicted molar refractivity (Wildman–Crippen MR) is 95.6 cm³/mol. The summed E-state index contributed by atoms with van der Waals surface area (Å²) in [4.78, 5) is 14.1. The van der Waals surface area contributed by atoms with Crippen LogP contribution in [0.15, 0.2) is 48.5 Å². The quantitative estimate of drug-likeness (QED) is 0.849. The number of likely N-dealkylation sites (tertiary alicyclic amines) is 1. The molecule has 25 heavy (non-hydrogen) atoms. The van der Waals surface area contributed by atoms with Gasteiger partial charge < -0.3 is 15.3 Å². The average molecular weight is 342 g/mol. The van der Waals surface area contributed by atoms with Gasteiger partial charge in [-0.25, -0.2) is 4.39 Å². The van der Waals surface area contributed by atoms with Crippen LogP contribution in [0.5, 0.6) is 0 Å². The number of nitrogens with zero attached hydrogens (tertiary/aromatic N) is 1. The third-order valence-electron chi connectivity index (χ3n) is 4.62. The van der Waals surface area contributed by atoms with Crippen LogP contribution < -0.4 is 5.32 Å². The fraction of sp³-hybridized carbons (Fsp3) is 0.350. The Bertz CT molecular complexity index is 701. The minimum Gasteiger partial charge on any atom is -0.396 e. The summed E-state index contributed by atoms with van der Waals surface area (Å²) in [6.45, 7) is 2.17. The molecule has 0 bridgehead atoms. The molecule has 1 amide bonds. The summed E-state index contributed by atoms with van der Waals surface area (Å²) in [6, 6.07) is 14.2. The van der Waals surface area contributed by atoms with Crippen molar-refractivity contribution in [2.75, 3.05) is 25.0 Å². The Kier molecular flexibility index (Phi) is 5.66. The lowest BCUT2D eigenvalue weighted by atomic mass is 10.1. The highest BCUT2D eigenvalue weighted by Crippen LogP contribution is 2.18. The molecule has 5 heteroatoms. The van der Waals surface area contributed by atoms with Gasteiger partial charge in [0.15, 0.2) is 0 Å². The van der Waals surface area contributed by atoms with Gasteiger partial charge in [0, 0.05) is 37.8 Å². The van der Waals surface area contributed by atoms with Crippen molar-refractivity contribution in [1.82, 2.24) is 4.90 Å². The fourth-order valence-electron chi connectivity index (χ4n) is 3.04.